The van der Waals surface area contributed by atoms with Gasteiger partial charge in [0.1, 0.15) is 5.54 Å². The van der Waals surface area contributed by atoms with Crippen molar-refractivity contribution in [2.24, 2.45) is 0 Å². The highest BCUT2D eigenvalue weighted by molar-refractivity contribution is 5.81. The smallest absolute Gasteiger partial charge is 0.326 e. The lowest BCUT2D eigenvalue weighted by Gasteiger charge is -2.31. The monoisotopic (exact) mass is 284 g/mol. The van der Waals surface area contributed by atoms with Crippen molar-refractivity contribution >= 4 is 5.97 Å². The van der Waals surface area contributed by atoms with Crippen LogP contribution in [0.5, 0.6) is 0 Å². The first-order valence-electron chi connectivity index (χ1n) is 8.14. The van der Waals surface area contributed by atoms with Gasteiger partial charge in [-0.05, 0) is 52.2 Å². The van der Waals surface area contributed by atoms with Gasteiger partial charge in [0.2, 0.25) is 0 Å². The molecule has 20 heavy (non-hydrogen) atoms. The Labute approximate surface area is 124 Å². The molecule has 0 bridgehead atoms. The number of unbranched alkanes of at least 4 members (excludes halogenated alkanes) is 2. The summed E-state index contributed by atoms with van der Waals surface area (Å²) in [6, 6.07) is 0.514. The molecule has 1 saturated carbocycles. The summed E-state index contributed by atoms with van der Waals surface area (Å²) >= 11 is 0. The van der Waals surface area contributed by atoms with Gasteiger partial charge >= 0.3 is 5.97 Å². The van der Waals surface area contributed by atoms with Gasteiger partial charge < -0.3 is 15.0 Å². The molecule has 1 aliphatic carbocycles. The van der Waals surface area contributed by atoms with Crippen molar-refractivity contribution in [1.82, 2.24) is 10.2 Å². The zero-order chi connectivity index (χ0) is 15.0. The predicted molar refractivity (Wildman–Crippen MR) is 82.8 cm³/mol. The van der Waals surface area contributed by atoms with E-state index in [0.717, 1.165) is 32.4 Å². The number of esters is 1. The number of rotatable bonds is 9. The predicted octanol–water partition coefficient (Wildman–Crippen LogP) is 2.57. The molecule has 1 rings (SSSR count). The number of ether oxygens (including phenoxy) is 1. The molecule has 0 amide bonds. The van der Waals surface area contributed by atoms with E-state index in [2.05, 4.69) is 24.1 Å². The summed E-state index contributed by atoms with van der Waals surface area (Å²) in [6.45, 7) is 6.78. The fourth-order valence-electron chi connectivity index (χ4n) is 3.24. The minimum Gasteiger partial charge on any atom is -0.468 e. The zero-order valence-electron chi connectivity index (χ0n) is 13.7. The van der Waals surface area contributed by atoms with E-state index in [1.54, 1.807) is 0 Å². The van der Waals surface area contributed by atoms with Crippen LogP contribution in [0.15, 0.2) is 0 Å². The lowest BCUT2D eigenvalue weighted by molar-refractivity contribution is -0.148. The van der Waals surface area contributed by atoms with Gasteiger partial charge in [0, 0.05) is 6.04 Å². The number of nitrogens with zero attached hydrogens (tertiary/aromatic N) is 1. The van der Waals surface area contributed by atoms with Gasteiger partial charge in [-0.2, -0.15) is 0 Å². The Kier molecular flexibility index (Phi) is 7.52. The molecule has 0 spiro atoms. The maximum atomic E-state index is 12.1. The molecule has 0 radical (unpaired) electrons. The van der Waals surface area contributed by atoms with E-state index in [4.69, 9.17) is 4.74 Å². The van der Waals surface area contributed by atoms with Crippen molar-refractivity contribution in [3.63, 3.8) is 0 Å². The lowest BCUT2D eigenvalue weighted by Crippen LogP contribution is -2.50. The van der Waals surface area contributed by atoms with Crippen molar-refractivity contribution in [2.75, 3.05) is 27.2 Å². The molecule has 4 nitrogen and oxygen atoms in total. The summed E-state index contributed by atoms with van der Waals surface area (Å²) < 4.78 is 5.00. The second-order valence-corrected chi connectivity index (χ2v) is 5.96. The average molecular weight is 284 g/mol. The average Bonchev–Trinajstić information content (AvgIpc) is 2.92. The Morgan fingerprint density at radius 3 is 2.35 bits per heavy atom. The highest BCUT2D eigenvalue weighted by Gasteiger charge is 2.46. The van der Waals surface area contributed by atoms with E-state index in [-0.39, 0.29) is 5.97 Å². The largest absolute Gasteiger partial charge is 0.468 e. The molecule has 1 N–H and O–H groups in total. The van der Waals surface area contributed by atoms with Crippen LogP contribution in [0.25, 0.3) is 0 Å². The number of carbonyl (C=O) groups is 1. The number of hydrogen-bond acceptors (Lipinski definition) is 4. The van der Waals surface area contributed by atoms with Gasteiger partial charge in [-0.15, -0.1) is 0 Å². The highest BCUT2D eigenvalue weighted by Crippen LogP contribution is 2.34. The minimum absolute atomic E-state index is 0.103. The second-order valence-electron chi connectivity index (χ2n) is 5.96. The van der Waals surface area contributed by atoms with Crippen LogP contribution in [-0.2, 0) is 9.53 Å². The van der Waals surface area contributed by atoms with Crippen LogP contribution in [-0.4, -0.2) is 49.7 Å². The van der Waals surface area contributed by atoms with E-state index in [1.807, 2.05) is 7.05 Å². The standard InChI is InChI=1S/C16H32N2O2/c1-5-7-11-18(12-8-6-2)14-9-10-16(13-14,17-3)15(19)20-4/h14,17H,5-13H2,1-4H3. The molecule has 0 aromatic rings. The van der Waals surface area contributed by atoms with Crippen LogP contribution in [0.3, 0.4) is 0 Å². The molecule has 2 unspecified atom stereocenters. The summed E-state index contributed by atoms with van der Waals surface area (Å²) in [5, 5.41) is 3.22. The van der Waals surface area contributed by atoms with Gasteiger partial charge in [-0.25, -0.2) is 0 Å². The number of hydrogen-bond donors (Lipinski definition) is 1. The lowest BCUT2D eigenvalue weighted by atomic mass is 9.97. The molecule has 0 saturated heterocycles. The number of nitrogens with one attached hydrogen (secondary N) is 1. The minimum atomic E-state index is -0.462. The summed E-state index contributed by atoms with van der Waals surface area (Å²) in [6.07, 6.45) is 7.78. The van der Waals surface area contributed by atoms with Crippen molar-refractivity contribution in [3.05, 3.63) is 0 Å². The molecule has 1 fully saturated rings. The third-order valence-electron chi connectivity index (χ3n) is 4.66. The molecule has 118 valence electrons. The van der Waals surface area contributed by atoms with Crippen molar-refractivity contribution in [3.8, 4) is 0 Å². The van der Waals surface area contributed by atoms with Crippen LogP contribution < -0.4 is 5.32 Å². The van der Waals surface area contributed by atoms with Crippen molar-refractivity contribution in [2.45, 2.75) is 70.4 Å². The summed E-state index contributed by atoms with van der Waals surface area (Å²) in [7, 11) is 3.36. The second kappa shape index (κ2) is 8.63. The quantitative estimate of drug-likeness (QED) is 0.661. The van der Waals surface area contributed by atoms with Gasteiger partial charge in [0.05, 0.1) is 7.11 Å². The van der Waals surface area contributed by atoms with E-state index >= 15 is 0 Å². The van der Waals surface area contributed by atoms with Crippen molar-refractivity contribution in [1.29, 1.82) is 0 Å². The topological polar surface area (TPSA) is 41.6 Å². The number of methoxy groups -OCH3 is 1. The van der Waals surface area contributed by atoms with Crippen LogP contribution in [0.1, 0.15) is 58.8 Å². The third kappa shape index (κ3) is 4.19. The first kappa shape index (κ1) is 17.4. The first-order valence-corrected chi connectivity index (χ1v) is 8.14. The van der Waals surface area contributed by atoms with Crippen LogP contribution in [0.4, 0.5) is 0 Å². The molecule has 0 heterocycles. The van der Waals surface area contributed by atoms with Crippen LogP contribution >= 0.6 is 0 Å². The maximum Gasteiger partial charge on any atom is 0.326 e. The van der Waals surface area contributed by atoms with Crippen LogP contribution in [0, 0.1) is 0 Å². The highest BCUT2D eigenvalue weighted by atomic mass is 16.5. The maximum absolute atomic E-state index is 12.1. The van der Waals surface area contributed by atoms with Gasteiger partial charge in [-0.1, -0.05) is 26.7 Å². The molecule has 1 aliphatic rings. The van der Waals surface area contributed by atoms with Gasteiger partial charge in [-0.3, -0.25) is 4.79 Å². The van der Waals surface area contributed by atoms with E-state index < -0.39 is 5.54 Å². The number of carbonyl (C=O) groups excluding carboxylic acids is 1. The summed E-state index contributed by atoms with van der Waals surface area (Å²) in [4.78, 5) is 14.7. The fourth-order valence-corrected chi connectivity index (χ4v) is 3.24. The van der Waals surface area contributed by atoms with Gasteiger partial charge in [0.25, 0.3) is 0 Å². The first-order chi connectivity index (χ1) is 9.63. The van der Waals surface area contributed by atoms with E-state index in [1.165, 1.54) is 32.8 Å². The summed E-state index contributed by atoms with van der Waals surface area (Å²) in [5.74, 6) is -0.103. The Morgan fingerprint density at radius 2 is 1.90 bits per heavy atom. The number of likely N-dealkylation sites (N-methyl/N-ethyl adjacent to an activating group) is 1. The Hall–Kier alpha value is -0.610. The molecular weight excluding hydrogens is 252 g/mol. The van der Waals surface area contributed by atoms with Crippen LogP contribution in [0.2, 0.25) is 0 Å². The van der Waals surface area contributed by atoms with E-state index in [9.17, 15) is 4.79 Å². The normalized spacial score (nSPS) is 26.1. The Morgan fingerprint density at radius 1 is 1.30 bits per heavy atom. The molecule has 2 atom stereocenters. The Balaban J connectivity index is 2.66. The molecule has 0 aromatic carbocycles. The molecular formula is C16H32N2O2. The summed E-state index contributed by atoms with van der Waals surface area (Å²) in [5.41, 5.74) is -0.462. The SMILES string of the molecule is CCCCN(CCCC)C1CCC(NC)(C(=O)OC)C1. The molecule has 4 heteroatoms. The molecule has 0 aromatic heterocycles. The zero-order valence-corrected chi connectivity index (χ0v) is 13.7. The van der Waals surface area contributed by atoms with Gasteiger partial charge in [0.15, 0.2) is 0 Å². The van der Waals surface area contributed by atoms with Crippen molar-refractivity contribution < 1.29 is 9.53 Å². The molecule has 0 aliphatic heterocycles. The Bertz CT molecular complexity index is 288. The third-order valence-corrected chi connectivity index (χ3v) is 4.66. The fraction of sp³-hybridized carbons (Fsp3) is 0.938. The van der Waals surface area contributed by atoms with E-state index in [0.29, 0.717) is 6.04 Å².